The third-order valence-electron chi connectivity index (χ3n) is 4.42. The van der Waals surface area contributed by atoms with Crippen LogP contribution in [0, 0.1) is 0 Å². The number of aryl methyl sites for hydroxylation is 1. The molecule has 0 fully saturated rings. The lowest BCUT2D eigenvalue weighted by atomic mass is 10.1. The number of carbonyl (C=O) groups is 1. The number of hydrogen-bond donors (Lipinski definition) is 1. The minimum atomic E-state index is -0.863. The van der Waals surface area contributed by atoms with E-state index in [1.165, 1.54) is 0 Å². The van der Waals surface area contributed by atoms with E-state index in [-0.39, 0.29) is 12.0 Å². The van der Waals surface area contributed by atoms with Crippen molar-refractivity contribution >= 4 is 27.5 Å². The predicted octanol–water partition coefficient (Wildman–Crippen LogP) is 3.48. The summed E-state index contributed by atoms with van der Waals surface area (Å²) in [6.07, 6.45) is 1.77. The summed E-state index contributed by atoms with van der Waals surface area (Å²) >= 11 is 1.54. The lowest BCUT2D eigenvalue weighted by Crippen LogP contribution is -2.25. The molecular formula is C20H22N2O4S. The van der Waals surface area contributed by atoms with E-state index in [2.05, 4.69) is 0 Å². The zero-order chi connectivity index (χ0) is 19.4. The molecule has 0 unspecified atom stereocenters. The van der Waals surface area contributed by atoms with Crippen LogP contribution >= 0.6 is 11.3 Å². The van der Waals surface area contributed by atoms with Crippen molar-refractivity contribution in [2.45, 2.75) is 39.2 Å². The second-order valence-electron chi connectivity index (χ2n) is 6.29. The van der Waals surface area contributed by atoms with Gasteiger partial charge in [-0.2, -0.15) is 0 Å². The van der Waals surface area contributed by atoms with Crippen LogP contribution in [0.25, 0.3) is 10.2 Å². The zero-order valence-corrected chi connectivity index (χ0v) is 16.2. The first-order chi connectivity index (χ1) is 13.0. The molecule has 0 aliphatic rings. The SMILES string of the molecule is CCc1cc2c(=O)n(CCCC(=O)O)c(Cc3ccc(OC)cc3)nc2s1. The van der Waals surface area contributed by atoms with Crippen molar-refractivity contribution in [3.63, 3.8) is 0 Å². The molecule has 0 aliphatic heterocycles. The number of hydrogen-bond acceptors (Lipinski definition) is 5. The Hall–Kier alpha value is -2.67. The fraction of sp³-hybridized carbons (Fsp3) is 0.350. The number of benzene rings is 1. The summed E-state index contributed by atoms with van der Waals surface area (Å²) in [6, 6.07) is 9.55. The number of methoxy groups -OCH3 is 1. The van der Waals surface area contributed by atoms with Crippen molar-refractivity contribution in [3.8, 4) is 5.75 Å². The van der Waals surface area contributed by atoms with E-state index >= 15 is 0 Å². The molecule has 2 heterocycles. The number of carboxylic acid groups (broad SMARTS) is 1. The molecule has 0 amide bonds. The fourth-order valence-electron chi connectivity index (χ4n) is 2.96. The number of rotatable bonds is 8. The first kappa shape index (κ1) is 19.1. The molecule has 0 saturated heterocycles. The largest absolute Gasteiger partial charge is 0.497 e. The molecule has 0 atom stereocenters. The van der Waals surface area contributed by atoms with Crippen molar-refractivity contribution < 1.29 is 14.6 Å². The molecule has 0 saturated carbocycles. The monoisotopic (exact) mass is 386 g/mol. The number of aliphatic carboxylic acids is 1. The van der Waals surface area contributed by atoms with E-state index in [0.717, 1.165) is 27.4 Å². The maximum absolute atomic E-state index is 13.0. The fourth-order valence-corrected chi connectivity index (χ4v) is 3.94. The van der Waals surface area contributed by atoms with Crippen molar-refractivity contribution in [2.75, 3.05) is 7.11 Å². The maximum Gasteiger partial charge on any atom is 0.303 e. The van der Waals surface area contributed by atoms with E-state index in [9.17, 15) is 9.59 Å². The second-order valence-corrected chi connectivity index (χ2v) is 7.41. The number of fused-ring (bicyclic) bond motifs is 1. The van der Waals surface area contributed by atoms with Crippen molar-refractivity contribution in [1.82, 2.24) is 9.55 Å². The van der Waals surface area contributed by atoms with Gasteiger partial charge in [-0.15, -0.1) is 11.3 Å². The lowest BCUT2D eigenvalue weighted by Gasteiger charge is -2.12. The molecule has 6 nitrogen and oxygen atoms in total. The molecule has 7 heteroatoms. The van der Waals surface area contributed by atoms with Gasteiger partial charge in [-0.1, -0.05) is 19.1 Å². The lowest BCUT2D eigenvalue weighted by molar-refractivity contribution is -0.137. The summed E-state index contributed by atoms with van der Waals surface area (Å²) < 4.78 is 6.81. The van der Waals surface area contributed by atoms with Crippen molar-refractivity contribution in [1.29, 1.82) is 0 Å². The van der Waals surface area contributed by atoms with Crippen LogP contribution in [0.5, 0.6) is 5.75 Å². The predicted molar refractivity (Wildman–Crippen MR) is 106 cm³/mol. The average molecular weight is 386 g/mol. The van der Waals surface area contributed by atoms with Gasteiger partial charge in [0.15, 0.2) is 0 Å². The van der Waals surface area contributed by atoms with Gasteiger partial charge >= 0.3 is 5.97 Å². The van der Waals surface area contributed by atoms with E-state index < -0.39 is 5.97 Å². The molecule has 0 bridgehead atoms. The number of thiophene rings is 1. The molecule has 3 rings (SSSR count). The van der Waals surface area contributed by atoms with Crippen LogP contribution in [-0.4, -0.2) is 27.7 Å². The van der Waals surface area contributed by atoms with Gasteiger partial charge in [0, 0.05) is 24.3 Å². The second kappa shape index (κ2) is 8.35. The highest BCUT2D eigenvalue weighted by atomic mass is 32.1. The normalized spacial score (nSPS) is 11.0. The van der Waals surface area contributed by atoms with Gasteiger partial charge in [-0.3, -0.25) is 14.2 Å². The van der Waals surface area contributed by atoms with Gasteiger partial charge in [0.05, 0.1) is 12.5 Å². The molecule has 2 aromatic heterocycles. The van der Waals surface area contributed by atoms with Crippen LogP contribution in [0.3, 0.4) is 0 Å². The van der Waals surface area contributed by atoms with E-state index in [1.807, 2.05) is 37.3 Å². The summed E-state index contributed by atoms with van der Waals surface area (Å²) in [4.78, 5) is 30.5. The smallest absolute Gasteiger partial charge is 0.303 e. The van der Waals surface area contributed by atoms with E-state index in [4.69, 9.17) is 14.8 Å². The number of aromatic nitrogens is 2. The minimum Gasteiger partial charge on any atom is -0.497 e. The van der Waals surface area contributed by atoms with Crippen LogP contribution in [0.4, 0.5) is 0 Å². The molecule has 27 heavy (non-hydrogen) atoms. The summed E-state index contributed by atoms with van der Waals surface area (Å²) in [5.41, 5.74) is 0.922. The third-order valence-corrected chi connectivity index (χ3v) is 5.60. The summed E-state index contributed by atoms with van der Waals surface area (Å²) in [6.45, 7) is 2.39. The highest BCUT2D eigenvalue weighted by molar-refractivity contribution is 7.18. The standard InChI is InChI=1S/C20H22N2O4S/c1-3-15-12-16-19(27-15)21-17(11-13-6-8-14(26-2)9-7-13)22(20(16)25)10-4-5-18(23)24/h6-9,12H,3-5,10-11H2,1-2H3,(H,23,24). The van der Waals surface area contributed by atoms with Crippen LogP contribution in [0.2, 0.25) is 0 Å². The Labute approximate surface area is 161 Å². The molecule has 0 aliphatic carbocycles. The van der Waals surface area contributed by atoms with Crippen LogP contribution < -0.4 is 10.3 Å². The molecular weight excluding hydrogens is 364 g/mol. The Morgan fingerprint density at radius 2 is 2.04 bits per heavy atom. The van der Waals surface area contributed by atoms with Gasteiger partial charge in [-0.05, 0) is 36.6 Å². The number of nitrogens with zero attached hydrogens (tertiary/aromatic N) is 2. The summed E-state index contributed by atoms with van der Waals surface area (Å²) in [5.74, 6) is 0.567. The van der Waals surface area contributed by atoms with Gasteiger partial charge in [0.1, 0.15) is 16.4 Å². The highest BCUT2D eigenvalue weighted by Gasteiger charge is 2.14. The Kier molecular flexibility index (Phi) is 5.91. The van der Waals surface area contributed by atoms with Gasteiger partial charge in [-0.25, -0.2) is 4.98 Å². The third kappa shape index (κ3) is 4.36. The Morgan fingerprint density at radius 3 is 2.67 bits per heavy atom. The molecule has 0 radical (unpaired) electrons. The van der Waals surface area contributed by atoms with Crippen molar-refractivity contribution in [2.24, 2.45) is 0 Å². The molecule has 142 valence electrons. The zero-order valence-electron chi connectivity index (χ0n) is 15.4. The minimum absolute atomic E-state index is 0.0241. The quantitative estimate of drug-likeness (QED) is 0.641. The summed E-state index contributed by atoms with van der Waals surface area (Å²) in [7, 11) is 1.62. The first-order valence-electron chi connectivity index (χ1n) is 8.88. The Morgan fingerprint density at radius 1 is 1.30 bits per heavy atom. The van der Waals surface area contributed by atoms with Gasteiger partial charge in [0.25, 0.3) is 5.56 Å². The van der Waals surface area contributed by atoms with Crippen LogP contribution in [0.15, 0.2) is 35.1 Å². The van der Waals surface area contributed by atoms with Crippen LogP contribution in [0.1, 0.15) is 36.0 Å². The molecule has 1 N–H and O–H groups in total. The number of carboxylic acids is 1. The highest BCUT2D eigenvalue weighted by Crippen LogP contribution is 2.23. The first-order valence-corrected chi connectivity index (χ1v) is 9.70. The molecule has 1 aromatic carbocycles. The van der Waals surface area contributed by atoms with Gasteiger partial charge < -0.3 is 9.84 Å². The topological polar surface area (TPSA) is 81.4 Å². The molecule has 0 spiro atoms. The summed E-state index contributed by atoms with van der Waals surface area (Å²) in [5, 5.41) is 9.52. The molecule has 3 aromatic rings. The Bertz CT molecular complexity index is 1010. The maximum atomic E-state index is 13.0. The van der Waals surface area contributed by atoms with E-state index in [1.54, 1.807) is 23.0 Å². The Balaban J connectivity index is 2.00. The number of ether oxygens (including phenoxy) is 1. The van der Waals surface area contributed by atoms with Crippen molar-refractivity contribution in [3.05, 3.63) is 57.0 Å². The van der Waals surface area contributed by atoms with E-state index in [0.29, 0.717) is 30.6 Å². The van der Waals surface area contributed by atoms with Gasteiger partial charge in [0.2, 0.25) is 0 Å². The average Bonchev–Trinajstić information content (AvgIpc) is 3.08. The van der Waals surface area contributed by atoms with Crippen LogP contribution in [-0.2, 0) is 24.2 Å².